The third kappa shape index (κ3) is 2.90. The van der Waals surface area contributed by atoms with E-state index in [1.54, 1.807) is 18.2 Å². The highest BCUT2D eigenvalue weighted by Gasteiger charge is 2.33. The molecule has 0 N–H and O–H groups in total. The zero-order valence-electron chi connectivity index (χ0n) is 19.4. The van der Waals surface area contributed by atoms with E-state index in [4.69, 9.17) is 15.0 Å². The Balaban J connectivity index is 1.53. The molecule has 1 aliphatic heterocycles. The Morgan fingerprint density at radius 3 is 2.06 bits per heavy atom. The second kappa shape index (κ2) is 7.57. The van der Waals surface area contributed by atoms with E-state index in [1.165, 1.54) is 0 Å². The SMILES string of the molecule is CCc1nc2cccc3c2n1-c1ccc(-c2nc4ccccc4nc2-c2ccccc2)cc1S3(=O)=O. The third-order valence-electron chi connectivity index (χ3n) is 6.70. The minimum Gasteiger partial charge on any atom is -0.294 e. The second-order valence-corrected chi connectivity index (χ2v) is 10.7. The first-order valence-corrected chi connectivity index (χ1v) is 13.3. The maximum Gasteiger partial charge on any atom is 0.210 e. The van der Waals surface area contributed by atoms with E-state index < -0.39 is 9.84 Å². The van der Waals surface area contributed by atoms with Gasteiger partial charge in [0.1, 0.15) is 5.82 Å². The number of hydrogen-bond acceptors (Lipinski definition) is 5. The number of benzene rings is 4. The van der Waals surface area contributed by atoms with Crippen LogP contribution < -0.4 is 0 Å². The number of rotatable bonds is 3. The Hall–Kier alpha value is -4.36. The number of para-hydroxylation sites is 3. The first kappa shape index (κ1) is 21.0. The van der Waals surface area contributed by atoms with Crippen LogP contribution in [0.4, 0.5) is 0 Å². The summed E-state index contributed by atoms with van der Waals surface area (Å²) in [5.74, 6) is 0.830. The fourth-order valence-corrected chi connectivity index (χ4v) is 6.70. The van der Waals surface area contributed by atoms with Gasteiger partial charge in [0.05, 0.1) is 48.9 Å². The van der Waals surface area contributed by atoms with Crippen molar-refractivity contribution in [2.24, 2.45) is 0 Å². The van der Waals surface area contributed by atoms with Crippen molar-refractivity contribution in [3.8, 4) is 28.2 Å². The Labute approximate surface area is 207 Å². The number of aromatic nitrogens is 4. The number of nitrogens with zero attached hydrogens (tertiary/aromatic N) is 4. The summed E-state index contributed by atoms with van der Waals surface area (Å²) in [5, 5.41) is 0. The summed E-state index contributed by atoms with van der Waals surface area (Å²) in [6.45, 7) is 2.03. The van der Waals surface area contributed by atoms with Crippen LogP contribution in [0.25, 0.3) is 50.3 Å². The molecule has 0 amide bonds. The number of imidazole rings is 1. The molecule has 0 fully saturated rings. The third-order valence-corrected chi connectivity index (χ3v) is 8.51. The number of fused-ring (bicyclic) bond motifs is 3. The van der Waals surface area contributed by atoms with Crippen LogP contribution in [0.15, 0.2) is 101 Å². The van der Waals surface area contributed by atoms with Gasteiger partial charge in [0, 0.05) is 17.5 Å². The second-order valence-electron chi connectivity index (χ2n) is 8.80. The molecule has 7 rings (SSSR count). The molecule has 7 heteroatoms. The van der Waals surface area contributed by atoms with E-state index in [9.17, 15) is 8.42 Å². The average molecular weight is 489 g/mol. The highest BCUT2D eigenvalue weighted by atomic mass is 32.2. The summed E-state index contributed by atoms with van der Waals surface area (Å²) >= 11 is 0. The lowest BCUT2D eigenvalue weighted by Crippen LogP contribution is -2.16. The van der Waals surface area contributed by atoms with Gasteiger partial charge in [-0.2, -0.15) is 0 Å². The summed E-state index contributed by atoms with van der Waals surface area (Å²) in [4.78, 5) is 15.1. The molecule has 174 valence electrons. The van der Waals surface area contributed by atoms with Gasteiger partial charge in [0.2, 0.25) is 9.84 Å². The lowest BCUT2D eigenvalue weighted by Gasteiger charge is -2.21. The smallest absolute Gasteiger partial charge is 0.210 e. The van der Waals surface area contributed by atoms with Gasteiger partial charge in [-0.15, -0.1) is 0 Å². The van der Waals surface area contributed by atoms with Crippen LogP contribution in [-0.2, 0) is 16.3 Å². The number of aryl methyl sites for hydroxylation is 1. The molecule has 0 radical (unpaired) electrons. The van der Waals surface area contributed by atoms with Gasteiger partial charge in [0.15, 0.2) is 0 Å². The molecule has 0 atom stereocenters. The maximum atomic E-state index is 13.9. The van der Waals surface area contributed by atoms with E-state index in [0.29, 0.717) is 40.1 Å². The van der Waals surface area contributed by atoms with Crippen LogP contribution in [0.5, 0.6) is 0 Å². The van der Waals surface area contributed by atoms with Gasteiger partial charge in [-0.05, 0) is 36.4 Å². The van der Waals surface area contributed by atoms with Gasteiger partial charge in [-0.1, -0.05) is 61.5 Å². The minimum atomic E-state index is -3.76. The van der Waals surface area contributed by atoms with Crippen molar-refractivity contribution in [3.63, 3.8) is 0 Å². The summed E-state index contributed by atoms with van der Waals surface area (Å²) in [6, 6.07) is 28.4. The van der Waals surface area contributed by atoms with Crippen LogP contribution in [0.1, 0.15) is 12.7 Å². The van der Waals surface area contributed by atoms with Gasteiger partial charge < -0.3 is 0 Å². The van der Waals surface area contributed by atoms with Crippen LogP contribution >= 0.6 is 0 Å². The van der Waals surface area contributed by atoms with Crippen molar-refractivity contribution < 1.29 is 8.42 Å². The molecule has 0 saturated carbocycles. The van der Waals surface area contributed by atoms with Gasteiger partial charge in [-0.25, -0.2) is 23.4 Å². The molecule has 3 heterocycles. The Morgan fingerprint density at radius 1 is 0.667 bits per heavy atom. The molecule has 1 aliphatic rings. The Bertz CT molecular complexity index is 1940. The van der Waals surface area contributed by atoms with E-state index >= 15 is 0 Å². The van der Waals surface area contributed by atoms with Gasteiger partial charge in [0.25, 0.3) is 0 Å². The normalized spacial score (nSPS) is 13.7. The van der Waals surface area contributed by atoms with Crippen LogP contribution in [-0.4, -0.2) is 27.9 Å². The van der Waals surface area contributed by atoms with Crippen molar-refractivity contribution in [2.75, 3.05) is 0 Å². The quantitative estimate of drug-likeness (QED) is 0.304. The first-order valence-electron chi connectivity index (χ1n) is 11.8. The number of hydrogen-bond donors (Lipinski definition) is 0. The van der Waals surface area contributed by atoms with Crippen molar-refractivity contribution in [1.29, 1.82) is 0 Å². The van der Waals surface area contributed by atoms with Crippen LogP contribution in [0, 0.1) is 0 Å². The van der Waals surface area contributed by atoms with Crippen LogP contribution in [0.3, 0.4) is 0 Å². The molecule has 36 heavy (non-hydrogen) atoms. The molecule has 0 spiro atoms. The lowest BCUT2D eigenvalue weighted by atomic mass is 10.0. The maximum absolute atomic E-state index is 13.9. The summed E-state index contributed by atoms with van der Waals surface area (Å²) in [5.41, 5.74) is 6.46. The first-order chi connectivity index (χ1) is 17.6. The molecule has 6 aromatic rings. The molecular formula is C29H20N4O2S. The molecule has 0 unspecified atom stereocenters. The highest BCUT2D eigenvalue weighted by Crippen LogP contribution is 2.41. The Morgan fingerprint density at radius 2 is 1.33 bits per heavy atom. The zero-order valence-corrected chi connectivity index (χ0v) is 20.2. The van der Waals surface area contributed by atoms with Crippen molar-refractivity contribution in [1.82, 2.24) is 19.5 Å². The minimum absolute atomic E-state index is 0.252. The van der Waals surface area contributed by atoms with Crippen molar-refractivity contribution in [2.45, 2.75) is 23.1 Å². The van der Waals surface area contributed by atoms with Crippen LogP contribution in [0.2, 0.25) is 0 Å². The summed E-state index contributed by atoms with van der Waals surface area (Å²) < 4.78 is 29.7. The van der Waals surface area contributed by atoms with Gasteiger partial charge in [-0.3, -0.25) is 4.57 Å². The number of sulfone groups is 1. The Kier molecular flexibility index (Phi) is 4.41. The molecular weight excluding hydrogens is 468 g/mol. The molecule has 4 aromatic carbocycles. The monoisotopic (exact) mass is 488 g/mol. The average Bonchev–Trinajstić information content (AvgIpc) is 3.31. The fraction of sp³-hybridized carbons (Fsp3) is 0.0690. The largest absolute Gasteiger partial charge is 0.294 e. The summed E-state index contributed by atoms with van der Waals surface area (Å²) in [6.07, 6.45) is 0.684. The molecule has 0 bridgehead atoms. The van der Waals surface area contributed by atoms with E-state index in [2.05, 4.69) is 0 Å². The van der Waals surface area contributed by atoms with Crippen molar-refractivity contribution >= 4 is 31.9 Å². The van der Waals surface area contributed by atoms with E-state index in [-0.39, 0.29) is 9.79 Å². The zero-order chi connectivity index (χ0) is 24.4. The highest BCUT2D eigenvalue weighted by molar-refractivity contribution is 7.92. The lowest BCUT2D eigenvalue weighted by molar-refractivity contribution is 0.594. The molecule has 6 nitrogen and oxygen atoms in total. The van der Waals surface area contributed by atoms with E-state index in [1.807, 2.05) is 84.3 Å². The van der Waals surface area contributed by atoms with E-state index in [0.717, 1.165) is 22.4 Å². The summed E-state index contributed by atoms with van der Waals surface area (Å²) in [7, 11) is -3.76. The predicted molar refractivity (Wildman–Crippen MR) is 140 cm³/mol. The fourth-order valence-electron chi connectivity index (χ4n) is 5.04. The van der Waals surface area contributed by atoms with Gasteiger partial charge >= 0.3 is 0 Å². The predicted octanol–water partition coefficient (Wildman–Crippen LogP) is 6.01. The topological polar surface area (TPSA) is 77.7 Å². The standard InChI is InChI=1S/C29H20N4O2S/c1-2-26-30-22-13-8-14-24-29(22)33(26)23-16-15-19(17-25(23)36(24,34)35)28-27(18-9-4-3-5-10-18)31-20-11-6-7-12-21(20)32-28/h3-17H,2H2,1H3. The molecule has 2 aromatic heterocycles. The molecule has 0 saturated heterocycles. The van der Waals surface area contributed by atoms with Crippen molar-refractivity contribution in [3.05, 3.63) is 96.8 Å². The molecule has 0 aliphatic carbocycles.